The van der Waals surface area contributed by atoms with Crippen molar-refractivity contribution in [2.45, 2.75) is 13.8 Å². The molecule has 2 aromatic carbocycles. The highest BCUT2D eigenvalue weighted by Crippen LogP contribution is 2.39. The molecule has 2 N–H and O–H groups in total. The smallest absolute Gasteiger partial charge is 0.266 e. The van der Waals surface area contributed by atoms with Crippen molar-refractivity contribution < 1.29 is 9.59 Å². The van der Waals surface area contributed by atoms with Crippen molar-refractivity contribution in [2.24, 2.45) is 0 Å². The van der Waals surface area contributed by atoms with Crippen LogP contribution in [0.3, 0.4) is 0 Å². The van der Waals surface area contributed by atoms with Gasteiger partial charge in [0.05, 0.1) is 22.4 Å². The van der Waals surface area contributed by atoms with Crippen LogP contribution in [0.5, 0.6) is 0 Å². The lowest BCUT2D eigenvalue weighted by atomic mass is 10.1. The number of amides is 2. The first-order chi connectivity index (χ1) is 18.5. The van der Waals surface area contributed by atoms with E-state index in [1.54, 1.807) is 12.4 Å². The molecule has 0 saturated heterocycles. The summed E-state index contributed by atoms with van der Waals surface area (Å²) < 4.78 is 0. The van der Waals surface area contributed by atoms with Gasteiger partial charge >= 0.3 is 0 Å². The molecule has 2 amide bonds. The Labute approximate surface area is 227 Å². The maximum absolute atomic E-state index is 13.6. The highest BCUT2D eigenvalue weighted by Gasteiger charge is 2.24. The monoisotopic (exact) mass is 534 g/mol. The molecule has 0 saturated carbocycles. The number of para-hydroxylation sites is 2. The van der Waals surface area contributed by atoms with Gasteiger partial charge in [-0.1, -0.05) is 36.4 Å². The zero-order valence-electron chi connectivity index (χ0n) is 20.6. The van der Waals surface area contributed by atoms with Gasteiger partial charge in [-0.3, -0.25) is 19.6 Å². The fraction of sp³-hybridized carbons (Fsp3) is 0.0667. The number of thiophene rings is 2. The number of nitrogens with zero attached hydrogens (tertiary/aromatic N) is 2. The van der Waals surface area contributed by atoms with Crippen LogP contribution in [0.15, 0.2) is 85.2 Å². The first-order valence-electron chi connectivity index (χ1n) is 12.0. The second-order valence-electron chi connectivity index (χ2n) is 8.87. The number of aromatic nitrogens is 2. The second-order valence-corrected chi connectivity index (χ2v) is 11.4. The van der Waals surface area contributed by atoms with Crippen molar-refractivity contribution >= 4 is 67.7 Å². The van der Waals surface area contributed by atoms with E-state index in [-0.39, 0.29) is 11.8 Å². The first kappa shape index (κ1) is 24.0. The van der Waals surface area contributed by atoms with Gasteiger partial charge in [0.15, 0.2) is 0 Å². The molecule has 0 radical (unpaired) electrons. The lowest BCUT2D eigenvalue weighted by molar-refractivity contribution is 0.102. The third kappa shape index (κ3) is 4.44. The van der Waals surface area contributed by atoms with Crippen LogP contribution < -0.4 is 10.6 Å². The topological polar surface area (TPSA) is 84.0 Å². The van der Waals surface area contributed by atoms with E-state index in [9.17, 15) is 9.59 Å². The van der Waals surface area contributed by atoms with Crippen LogP contribution in [0, 0.1) is 13.8 Å². The molecule has 0 spiro atoms. The Hall–Kier alpha value is -4.40. The largest absolute Gasteiger partial charge is 0.319 e. The number of aryl methyl sites for hydroxylation is 2. The van der Waals surface area contributed by atoms with Gasteiger partial charge in [0.2, 0.25) is 0 Å². The predicted molar refractivity (Wildman–Crippen MR) is 156 cm³/mol. The van der Waals surface area contributed by atoms with Crippen LogP contribution in [0.1, 0.15) is 29.1 Å². The normalized spacial score (nSPS) is 11.1. The summed E-state index contributed by atoms with van der Waals surface area (Å²) in [5, 5.41) is 7.98. The van der Waals surface area contributed by atoms with E-state index in [0.29, 0.717) is 21.1 Å². The molecule has 38 heavy (non-hydrogen) atoms. The van der Waals surface area contributed by atoms with Crippen LogP contribution in [0.4, 0.5) is 11.4 Å². The Bertz CT molecular complexity index is 1710. The van der Waals surface area contributed by atoms with Crippen LogP contribution in [-0.4, -0.2) is 21.8 Å². The number of benzene rings is 2. The number of carbonyl (C=O) groups excluding carboxylic acids is 2. The number of hydrogen-bond acceptors (Lipinski definition) is 6. The van der Waals surface area contributed by atoms with Crippen LogP contribution in [0.2, 0.25) is 0 Å². The third-order valence-electron chi connectivity index (χ3n) is 6.18. The summed E-state index contributed by atoms with van der Waals surface area (Å²) in [7, 11) is 0. The number of rotatable bonds is 5. The molecule has 6 nitrogen and oxygen atoms in total. The zero-order valence-corrected chi connectivity index (χ0v) is 22.2. The minimum absolute atomic E-state index is 0.232. The van der Waals surface area contributed by atoms with Crippen molar-refractivity contribution in [3.63, 3.8) is 0 Å². The summed E-state index contributed by atoms with van der Waals surface area (Å²) in [5.41, 5.74) is 4.23. The minimum Gasteiger partial charge on any atom is -0.319 e. The summed E-state index contributed by atoms with van der Waals surface area (Å²) in [4.78, 5) is 39.1. The second kappa shape index (κ2) is 9.81. The summed E-state index contributed by atoms with van der Waals surface area (Å²) in [5.74, 6) is -0.463. The number of pyridine rings is 2. The average molecular weight is 535 g/mol. The van der Waals surface area contributed by atoms with E-state index in [4.69, 9.17) is 0 Å². The van der Waals surface area contributed by atoms with Crippen LogP contribution >= 0.6 is 22.7 Å². The maximum atomic E-state index is 13.6. The summed E-state index contributed by atoms with van der Waals surface area (Å²) in [6, 6.07) is 23.0. The van der Waals surface area contributed by atoms with Gasteiger partial charge < -0.3 is 10.6 Å². The molecular weight excluding hydrogens is 512 g/mol. The maximum Gasteiger partial charge on any atom is 0.266 e. The zero-order chi connectivity index (χ0) is 26.2. The van der Waals surface area contributed by atoms with Gasteiger partial charge in [-0.05, 0) is 50.2 Å². The molecule has 0 atom stereocenters. The van der Waals surface area contributed by atoms with E-state index < -0.39 is 0 Å². The van der Waals surface area contributed by atoms with E-state index in [1.165, 1.54) is 22.7 Å². The number of fused-ring (bicyclic) bond motifs is 2. The highest BCUT2D eigenvalue weighted by atomic mass is 32.1. The SMILES string of the molecule is Cc1cc(-c2cc(C)sc2C(=O)Nc2cccc3cccnc23)c(C(=O)Nc2cccc3cccnc23)s1. The fourth-order valence-electron chi connectivity index (χ4n) is 4.53. The van der Waals surface area contributed by atoms with Gasteiger partial charge in [-0.15, -0.1) is 22.7 Å². The van der Waals surface area contributed by atoms with Crippen molar-refractivity contribution in [1.29, 1.82) is 0 Å². The standard InChI is InChI=1S/C30H22N4O2S2/c1-17-15-21(27(37-17)29(35)33-23-11-3-7-19-9-5-13-31-25(19)23)22-16-18(2)38-28(22)30(36)34-24-12-4-8-20-10-6-14-32-26(20)24/h3-16H,1-2H3,(H,33,35)(H,34,36). The van der Waals surface area contributed by atoms with Gasteiger partial charge in [0.25, 0.3) is 11.8 Å². The molecule has 186 valence electrons. The number of nitrogens with one attached hydrogen (secondary N) is 2. The molecule has 6 rings (SSSR count). The van der Waals surface area contributed by atoms with Crippen molar-refractivity contribution in [3.05, 3.63) is 105 Å². The summed E-state index contributed by atoms with van der Waals surface area (Å²) >= 11 is 2.82. The molecule has 0 unspecified atom stereocenters. The van der Waals surface area contributed by atoms with E-state index in [1.807, 2.05) is 86.6 Å². The summed E-state index contributed by atoms with van der Waals surface area (Å²) in [6.45, 7) is 3.93. The molecule has 0 aliphatic carbocycles. The Kier molecular flexibility index (Phi) is 6.19. The van der Waals surface area contributed by atoms with Crippen molar-refractivity contribution in [2.75, 3.05) is 10.6 Å². The summed E-state index contributed by atoms with van der Waals surface area (Å²) in [6.07, 6.45) is 3.42. The molecule has 0 aliphatic heterocycles. The Morgan fingerprint density at radius 1 is 0.632 bits per heavy atom. The van der Waals surface area contributed by atoms with E-state index in [0.717, 1.165) is 42.7 Å². The number of carbonyl (C=O) groups is 2. The molecule has 0 fully saturated rings. The van der Waals surface area contributed by atoms with Gasteiger partial charge in [-0.25, -0.2) is 0 Å². The Morgan fingerprint density at radius 3 is 1.50 bits per heavy atom. The first-order valence-corrected chi connectivity index (χ1v) is 13.6. The molecule has 4 heterocycles. The van der Waals surface area contributed by atoms with Gasteiger partial charge in [0.1, 0.15) is 9.75 Å². The third-order valence-corrected chi connectivity index (χ3v) is 8.27. The highest BCUT2D eigenvalue weighted by molar-refractivity contribution is 7.15. The van der Waals surface area contributed by atoms with Crippen LogP contribution in [0.25, 0.3) is 32.9 Å². The molecule has 0 bridgehead atoms. The molecule has 8 heteroatoms. The van der Waals surface area contributed by atoms with Crippen molar-refractivity contribution in [1.82, 2.24) is 9.97 Å². The number of anilines is 2. The van der Waals surface area contributed by atoms with Gasteiger partial charge in [0, 0.05) is 44.0 Å². The fourth-order valence-corrected chi connectivity index (χ4v) is 6.38. The lowest BCUT2D eigenvalue weighted by Gasteiger charge is -2.10. The number of hydrogen-bond donors (Lipinski definition) is 2. The average Bonchev–Trinajstić information content (AvgIpc) is 3.51. The van der Waals surface area contributed by atoms with E-state index in [2.05, 4.69) is 20.6 Å². The molecule has 6 aromatic rings. The Balaban J connectivity index is 1.35. The Morgan fingerprint density at radius 2 is 1.05 bits per heavy atom. The minimum atomic E-state index is -0.232. The quantitative estimate of drug-likeness (QED) is 0.237. The van der Waals surface area contributed by atoms with Crippen LogP contribution in [-0.2, 0) is 0 Å². The van der Waals surface area contributed by atoms with Crippen molar-refractivity contribution in [3.8, 4) is 11.1 Å². The predicted octanol–water partition coefficient (Wildman–Crippen LogP) is 7.69. The van der Waals surface area contributed by atoms with Gasteiger partial charge in [-0.2, -0.15) is 0 Å². The molecule has 4 aromatic heterocycles. The van der Waals surface area contributed by atoms with E-state index >= 15 is 0 Å². The molecule has 0 aliphatic rings. The molecular formula is C30H22N4O2S2. The lowest BCUT2D eigenvalue weighted by Crippen LogP contribution is -2.14.